The number of aryl methyl sites for hydroxylation is 1. The van der Waals surface area contributed by atoms with Crippen molar-refractivity contribution in [3.05, 3.63) is 27.4 Å². The smallest absolute Gasteiger partial charge is 0.254 e. The molecule has 2 heterocycles. The Labute approximate surface area is 131 Å². The molecule has 124 valence electrons. The predicted octanol–water partition coefficient (Wildman–Crippen LogP) is -0.240. The third kappa shape index (κ3) is 4.15. The summed E-state index contributed by atoms with van der Waals surface area (Å²) in [5.74, 6) is 0.802. The van der Waals surface area contributed by atoms with Crippen molar-refractivity contribution in [3.63, 3.8) is 0 Å². The van der Waals surface area contributed by atoms with Crippen LogP contribution in [0.1, 0.15) is 23.5 Å². The molecule has 7 nitrogen and oxygen atoms in total. The molecule has 1 N–H and O–H groups in total. The van der Waals surface area contributed by atoms with Gasteiger partial charge in [-0.2, -0.15) is 0 Å². The predicted molar refractivity (Wildman–Crippen MR) is 85.5 cm³/mol. The molecule has 0 bridgehead atoms. The first-order valence-corrected chi connectivity index (χ1v) is 9.12. The lowest BCUT2D eigenvalue weighted by molar-refractivity contribution is 0.287. The van der Waals surface area contributed by atoms with Crippen molar-refractivity contribution < 1.29 is 8.42 Å². The molecule has 1 aliphatic rings. The fraction of sp³-hybridized carbons (Fsp3) is 0.714. The van der Waals surface area contributed by atoms with Gasteiger partial charge in [0, 0.05) is 39.2 Å². The van der Waals surface area contributed by atoms with Gasteiger partial charge in [0.2, 0.25) is 10.0 Å². The van der Waals surface area contributed by atoms with Gasteiger partial charge in [0.1, 0.15) is 5.82 Å². The summed E-state index contributed by atoms with van der Waals surface area (Å²) in [6, 6.07) is 0. The molecule has 0 saturated carbocycles. The number of hydrogen-bond donors (Lipinski definition) is 1. The average Bonchev–Trinajstić information content (AvgIpc) is 2.61. The zero-order valence-corrected chi connectivity index (χ0v) is 14.2. The van der Waals surface area contributed by atoms with Gasteiger partial charge in [-0.15, -0.1) is 0 Å². The summed E-state index contributed by atoms with van der Waals surface area (Å²) in [7, 11) is -0.0273. The summed E-state index contributed by atoms with van der Waals surface area (Å²) < 4.78 is 24.8. The zero-order chi connectivity index (χ0) is 16.3. The largest absolute Gasteiger partial charge is 0.311 e. The maximum atomic E-state index is 12.0. The summed E-state index contributed by atoms with van der Waals surface area (Å²) in [5.41, 5.74) is 1.61. The van der Waals surface area contributed by atoms with Gasteiger partial charge in [0.05, 0.1) is 11.4 Å². The number of aromatic nitrogens is 2. The maximum Gasteiger partial charge on any atom is 0.254 e. The summed E-state index contributed by atoms with van der Waals surface area (Å²) in [5, 5.41) is 0. The number of rotatable bonds is 5. The van der Waals surface area contributed by atoms with E-state index in [0.29, 0.717) is 18.7 Å². The quantitative estimate of drug-likeness (QED) is 0.806. The van der Waals surface area contributed by atoms with Gasteiger partial charge in [-0.25, -0.2) is 17.7 Å². The van der Waals surface area contributed by atoms with Crippen LogP contribution >= 0.6 is 0 Å². The van der Waals surface area contributed by atoms with E-state index in [0.717, 1.165) is 37.3 Å². The standard InChI is InChI=1S/C14H24N4O3S/c1-11-15-13-6-9-18(8-5-12(13)14(19)16-11)7-4-10-22(20,21)17(2)3/h4-10H2,1-3H3,(H,15,16,19). The third-order valence-corrected chi connectivity index (χ3v) is 5.91. The Kier molecular flexibility index (Phi) is 5.36. The molecule has 0 spiro atoms. The number of nitrogens with one attached hydrogen (secondary N) is 1. The summed E-state index contributed by atoms with van der Waals surface area (Å²) >= 11 is 0. The normalized spacial score (nSPS) is 16.5. The zero-order valence-electron chi connectivity index (χ0n) is 13.4. The number of hydrogen-bond acceptors (Lipinski definition) is 5. The molecule has 0 unspecified atom stereocenters. The number of nitrogens with zero attached hydrogens (tertiary/aromatic N) is 3. The van der Waals surface area contributed by atoms with Gasteiger partial charge in [-0.3, -0.25) is 4.79 Å². The Hall–Kier alpha value is -1.25. The topological polar surface area (TPSA) is 86.4 Å². The second-order valence-corrected chi connectivity index (χ2v) is 8.17. The van der Waals surface area contributed by atoms with Crippen LogP contribution < -0.4 is 5.56 Å². The molecule has 0 aliphatic carbocycles. The molecule has 2 rings (SSSR count). The minimum absolute atomic E-state index is 0.0421. The summed E-state index contributed by atoms with van der Waals surface area (Å²) in [6.07, 6.45) is 2.00. The van der Waals surface area contributed by atoms with Crippen molar-refractivity contribution in [1.29, 1.82) is 0 Å². The Morgan fingerprint density at radius 2 is 1.95 bits per heavy atom. The first-order chi connectivity index (χ1) is 10.3. The number of H-pyrrole nitrogens is 1. The molecule has 1 aromatic heterocycles. The lowest BCUT2D eigenvalue weighted by atomic mass is 10.1. The molecule has 0 radical (unpaired) electrons. The highest BCUT2D eigenvalue weighted by Gasteiger charge is 2.19. The van der Waals surface area contributed by atoms with Crippen LogP contribution in [0.25, 0.3) is 0 Å². The highest BCUT2D eigenvalue weighted by Crippen LogP contribution is 2.11. The first-order valence-electron chi connectivity index (χ1n) is 7.51. The van der Waals surface area contributed by atoms with Crippen LogP contribution in [-0.2, 0) is 22.9 Å². The molecular formula is C14H24N4O3S. The fourth-order valence-electron chi connectivity index (χ4n) is 2.66. The van der Waals surface area contributed by atoms with Crippen molar-refractivity contribution in [2.24, 2.45) is 0 Å². The van der Waals surface area contributed by atoms with Gasteiger partial charge in [0.25, 0.3) is 5.56 Å². The van der Waals surface area contributed by atoms with Crippen LogP contribution in [0.3, 0.4) is 0 Å². The van der Waals surface area contributed by atoms with Gasteiger partial charge >= 0.3 is 0 Å². The van der Waals surface area contributed by atoms with Crippen LogP contribution in [0.4, 0.5) is 0 Å². The van der Waals surface area contributed by atoms with E-state index in [1.807, 2.05) is 0 Å². The minimum atomic E-state index is -3.13. The maximum absolute atomic E-state index is 12.0. The number of aromatic amines is 1. The van der Waals surface area contributed by atoms with Gasteiger partial charge < -0.3 is 9.88 Å². The van der Waals surface area contributed by atoms with E-state index in [-0.39, 0.29) is 11.3 Å². The second kappa shape index (κ2) is 6.89. The Morgan fingerprint density at radius 1 is 1.27 bits per heavy atom. The van der Waals surface area contributed by atoms with Crippen molar-refractivity contribution in [1.82, 2.24) is 19.2 Å². The van der Waals surface area contributed by atoms with E-state index < -0.39 is 10.0 Å². The van der Waals surface area contributed by atoms with Crippen molar-refractivity contribution in [3.8, 4) is 0 Å². The van der Waals surface area contributed by atoms with Crippen LogP contribution in [0.5, 0.6) is 0 Å². The van der Waals surface area contributed by atoms with E-state index in [9.17, 15) is 13.2 Å². The van der Waals surface area contributed by atoms with Gasteiger partial charge in [-0.1, -0.05) is 0 Å². The Balaban J connectivity index is 1.93. The van der Waals surface area contributed by atoms with Crippen molar-refractivity contribution >= 4 is 10.0 Å². The fourth-order valence-corrected chi connectivity index (χ4v) is 3.51. The molecule has 1 aliphatic heterocycles. The molecular weight excluding hydrogens is 304 g/mol. The molecule has 0 aromatic carbocycles. The van der Waals surface area contributed by atoms with E-state index in [1.165, 1.54) is 4.31 Å². The van der Waals surface area contributed by atoms with Gasteiger partial charge in [-0.05, 0) is 26.3 Å². The molecule has 0 fully saturated rings. The van der Waals surface area contributed by atoms with E-state index in [2.05, 4.69) is 14.9 Å². The lowest BCUT2D eigenvalue weighted by Crippen LogP contribution is -2.31. The molecule has 0 amide bonds. The molecule has 0 atom stereocenters. The van der Waals surface area contributed by atoms with Crippen LogP contribution in [-0.4, -0.2) is 67.1 Å². The van der Waals surface area contributed by atoms with Crippen LogP contribution in [0.2, 0.25) is 0 Å². The molecule has 8 heteroatoms. The van der Waals surface area contributed by atoms with Crippen LogP contribution in [0.15, 0.2) is 4.79 Å². The Bertz CT molecular complexity index is 682. The molecule has 1 aromatic rings. The second-order valence-electron chi connectivity index (χ2n) is 5.87. The highest BCUT2D eigenvalue weighted by atomic mass is 32.2. The Morgan fingerprint density at radius 3 is 2.64 bits per heavy atom. The molecule has 0 saturated heterocycles. The lowest BCUT2D eigenvalue weighted by Gasteiger charge is -2.20. The highest BCUT2D eigenvalue weighted by molar-refractivity contribution is 7.89. The third-order valence-electron chi connectivity index (χ3n) is 4.00. The minimum Gasteiger partial charge on any atom is -0.311 e. The monoisotopic (exact) mass is 328 g/mol. The van der Waals surface area contributed by atoms with Crippen LogP contribution in [0, 0.1) is 6.92 Å². The number of fused-ring (bicyclic) bond motifs is 1. The van der Waals surface area contributed by atoms with E-state index in [1.54, 1.807) is 21.0 Å². The van der Waals surface area contributed by atoms with Gasteiger partial charge in [0.15, 0.2) is 0 Å². The first kappa shape index (κ1) is 17.1. The van der Waals surface area contributed by atoms with Crippen molar-refractivity contribution in [2.45, 2.75) is 26.2 Å². The van der Waals surface area contributed by atoms with E-state index >= 15 is 0 Å². The van der Waals surface area contributed by atoms with Crippen molar-refractivity contribution in [2.75, 3.05) is 39.5 Å². The van der Waals surface area contributed by atoms with E-state index in [4.69, 9.17) is 0 Å². The average molecular weight is 328 g/mol. The number of sulfonamides is 1. The SMILES string of the molecule is Cc1nc2c(c(=O)[nH]1)CCN(CCCS(=O)(=O)N(C)C)CC2. The summed E-state index contributed by atoms with van der Waals surface area (Å²) in [4.78, 5) is 21.3. The molecule has 22 heavy (non-hydrogen) atoms. The summed E-state index contributed by atoms with van der Waals surface area (Å²) in [6.45, 7) is 4.09.